The summed E-state index contributed by atoms with van der Waals surface area (Å²) in [5.74, 6) is -0.298. The van der Waals surface area contributed by atoms with Crippen molar-refractivity contribution in [1.29, 1.82) is 0 Å². The van der Waals surface area contributed by atoms with Gasteiger partial charge in [-0.1, -0.05) is 12.1 Å². The molecule has 1 aromatic heterocycles. The Bertz CT molecular complexity index is 1420. The minimum absolute atomic E-state index is 0.0666. The molecule has 0 radical (unpaired) electrons. The van der Waals surface area contributed by atoms with Crippen molar-refractivity contribution in [1.82, 2.24) is 14.9 Å². The van der Waals surface area contributed by atoms with Crippen molar-refractivity contribution in [2.24, 2.45) is 0 Å². The Morgan fingerprint density at radius 1 is 1.09 bits per heavy atom. The van der Waals surface area contributed by atoms with Gasteiger partial charge in [-0.25, -0.2) is 17.8 Å². The Balaban J connectivity index is 1.41. The van der Waals surface area contributed by atoms with Crippen molar-refractivity contribution >= 4 is 21.6 Å². The van der Waals surface area contributed by atoms with Crippen molar-refractivity contribution in [2.75, 3.05) is 11.3 Å². The molecule has 35 heavy (non-hydrogen) atoms. The molecule has 0 aliphatic heterocycles. The van der Waals surface area contributed by atoms with Gasteiger partial charge < -0.3 is 14.6 Å². The highest BCUT2D eigenvalue weighted by atomic mass is 32.2. The van der Waals surface area contributed by atoms with Crippen molar-refractivity contribution in [3.63, 3.8) is 0 Å². The number of halogens is 1. The lowest BCUT2D eigenvalue weighted by atomic mass is 10.1. The Kier molecular flexibility index (Phi) is 7.11. The summed E-state index contributed by atoms with van der Waals surface area (Å²) >= 11 is 0. The molecule has 2 N–H and O–H groups in total. The fourth-order valence-corrected chi connectivity index (χ4v) is 4.42. The van der Waals surface area contributed by atoms with Crippen LogP contribution in [0, 0.1) is 5.82 Å². The number of rotatable bonds is 9. The fraction of sp³-hybridized carbons (Fsp3) is 0.120. The lowest BCUT2D eigenvalue weighted by Gasteiger charge is -2.11. The summed E-state index contributed by atoms with van der Waals surface area (Å²) in [6.45, 7) is 2.42. The number of ether oxygens (including phenoxy) is 1. The topological polar surface area (TPSA) is 102 Å². The molecule has 0 aliphatic carbocycles. The first-order chi connectivity index (χ1) is 16.9. The summed E-state index contributed by atoms with van der Waals surface area (Å²) in [6, 6.07) is 16.8. The molecule has 4 rings (SSSR count). The standard InChI is InChI=1S/C25H23FN4O4S/c1-2-34-21-7-9-22(10-8-21)35(32,33)29-20-5-3-4-19(15-20)25(31)28-16-18-6-11-24(23(26)14-18)30-13-12-27-17-30/h3-15,17,29H,2,16H2,1H3,(H,28,31). The number of hydrogen-bond acceptors (Lipinski definition) is 5. The molecule has 0 atom stereocenters. The first kappa shape index (κ1) is 24.0. The molecule has 3 aromatic carbocycles. The number of carbonyl (C=O) groups excluding carboxylic acids is 1. The van der Waals surface area contributed by atoms with E-state index in [2.05, 4.69) is 15.0 Å². The smallest absolute Gasteiger partial charge is 0.261 e. The van der Waals surface area contributed by atoms with Crippen LogP contribution in [0.25, 0.3) is 5.69 Å². The molecule has 0 fully saturated rings. The second kappa shape index (κ2) is 10.4. The van der Waals surface area contributed by atoms with E-state index in [4.69, 9.17) is 4.74 Å². The summed E-state index contributed by atoms with van der Waals surface area (Å²) in [7, 11) is -3.86. The van der Waals surface area contributed by atoms with Gasteiger partial charge in [-0.05, 0) is 67.1 Å². The number of sulfonamides is 1. The Labute approximate surface area is 202 Å². The van der Waals surface area contributed by atoms with Gasteiger partial charge in [0.2, 0.25) is 0 Å². The van der Waals surface area contributed by atoms with Gasteiger partial charge in [0.25, 0.3) is 15.9 Å². The van der Waals surface area contributed by atoms with Gasteiger partial charge in [0, 0.05) is 30.2 Å². The molecular formula is C25H23FN4O4S. The first-order valence-corrected chi connectivity index (χ1v) is 12.2. The Hall–Kier alpha value is -4.18. The quantitative estimate of drug-likeness (QED) is 0.364. The molecule has 1 amide bonds. The SMILES string of the molecule is CCOc1ccc(S(=O)(=O)Nc2cccc(C(=O)NCc3ccc(-n4ccnc4)c(F)c3)c2)cc1. The number of hydrogen-bond donors (Lipinski definition) is 2. The minimum atomic E-state index is -3.86. The van der Waals surface area contributed by atoms with Crippen LogP contribution in [0.5, 0.6) is 5.75 Å². The summed E-state index contributed by atoms with van der Waals surface area (Å²) in [6.07, 6.45) is 4.69. The highest BCUT2D eigenvalue weighted by Crippen LogP contribution is 2.20. The van der Waals surface area contributed by atoms with Crippen LogP contribution in [0.3, 0.4) is 0 Å². The lowest BCUT2D eigenvalue weighted by molar-refractivity contribution is 0.0951. The predicted molar refractivity (Wildman–Crippen MR) is 130 cm³/mol. The van der Waals surface area contributed by atoms with Crippen LogP contribution >= 0.6 is 0 Å². The number of nitrogens with one attached hydrogen (secondary N) is 2. The third-order valence-electron chi connectivity index (χ3n) is 5.07. The second-order valence-electron chi connectivity index (χ2n) is 7.53. The van der Waals surface area contributed by atoms with Crippen LogP contribution < -0.4 is 14.8 Å². The highest BCUT2D eigenvalue weighted by molar-refractivity contribution is 7.92. The predicted octanol–water partition coefficient (Wildman–Crippen LogP) is 4.14. The zero-order valence-corrected chi connectivity index (χ0v) is 19.6. The van der Waals surface area contributed by atoms with Gasteiger partial charge >= 0.3 is 0 Å². The van der Waals surface area contributed by atoms with Gasteiger partial charge in [0.1, 0.15) is 11.6 Å². The van der Waals surface area contributed by atoms with Gasteiger partial charge in [0.05, 0.1) is 23.5 Å². The molecule has 0 saturated carbocycles. The number of aromatic nitrogens is 2. The van der Waals surface area contributed by atoms with E-state index in [1.54, 1.807) is 59.4 Å². The van der Waals surface area contributed by atoms with Crippen LogP contribution in [-0.4, -0.2) is 30.5 Å². The number of imidazole rings is 1. The molecule has 8 nitrogen and oxygen atoms in total. The molecule has 180 valence electrons. The minimum Gasteiger partial charge on any atom is -0.494 e. The molecule has 4 aromatic rings. The Morgan fingerprint density at radius 2 is 1.89 bits per heavy atom. The van der Waals surface area contributed by atoms with Crippen molar-refractivity contribution in [2.45, 2.75) is 18.4 Å². The number of carbonyl (C=O) groups is 1. The maximum Gasteiger partial charge on any atom is 0.261 e. The molecular weight excluding hydrogens is 471 g/mol. The summed E-state index contributed by atoms with van der Waals surface area (Å²) < 4.78 is 49.2. The van der Waals surface area contributed by atoms with Crippen molar-refractivity contribution < 1.29 is 22.3 Å². The zero-order chi connectivity index (χ0) is 24.8. The number of nitrogens with zero attached hydrogens (tertiary/aromatic N) is 2. The second-order valence-corrected chi connectivity index (χ2v) is 9.21. The maximum absolute atomic E-state index is 14.4. The fourth-order valence-electron chi connectivity index (χ4n) is 3.38. The molecule has 0 spiro atoms. The van der Waals surface area contributed by atoms with Gasteiger partial charge in [-0.3, -0.25) is 9.52 Å². The van der Waals surface area contributed by atoms with Gasteiger partial charge in [0.15, 0.2) is 0 Å². The largest absolute Gasteiger partial charge is 0.494 e. The van der Waals surface area contributed by atoms with Gasteiger partial charge in [-0.2, -0.15) is 0 Å². The molecule has 0 saturated heterocycles. The highest BCUT2D eigenvalue weighted by Gasteiger charge is 2.16. The molecule has 0 aliphatic rings. The number of anilines is 1. The summed E-state index contributed by atoms with van der Waals surface area (Å²) in [4.78, 5) is 16.6. The van der Waals surface area contributed by atoms with Crippen LogP contribution in [0.1, 0.15) is 22.8 Å². The number of benzene rings is 3. The van der Waals surface area contributed by atoms with E-state index >= 15 is 0 Å². The van der Waals surface area contributed by atoms with Crippen LogP contribution in [0.2, 0.25) is 0 Å². The van der Waals surface area contributed by atoms with E-state index in [1.165, 1.54) is 30.6 Å². The van der Waals surface area contributed by atoms with E-state index < -0.39 is 21.7 Å². The van der Waals surface area contributed by atoms with E-state index in [0.29, 0.717) is 23.6 Å². The average molecular weight is 495 g/mol. The maximum atomic E-state index is 14.4. The normalized spacial score (nSPS) is 11.1. The van der Waals surface area contributed by atoms with Crippen LogP contribution in [0.15, 0.2) is 90.3 Å². The first-order valence-electron chi connectivity index (χ1n) is 10.8. The van der Waals surface area contributed by atoms with Crippen molar-refractivity contribution in [3.8, 4) is 11.4 Å². The summed E-state index contributed by atoms with van der Waals surface area (Å²) in [5.41, 5.74) is 1.42. The van der Waals surface area contributed by atoms with E-state index in [0.717, 1.165) is 0 Å². The lowest BCUT2D eigenvalue weighted by Crippen LogP contribution is -2.23. The van der Waals surface area contributed by atoms with Gasteiger partial charge in [-0.15, -0.1) is 0 Å². The third-order valence-corrected chi connectivity index (χ3v) is 6.47. The number of amides is 1. The van der Waals surface area contributed by atoms with E-state index in [1.807, 2.05) is 6.92 Å². The molecule has 0 unspecified atom stereocenters. The summed E-state index contributed by atoms with van der Waals surface area (Å²) in [5, 5.41) is 2.72. The third kappa shape index (κ3) is 5.85. The molecule has 1 heterocycles. The zero-order valence-electron chi connectivity index (χ0n) is 18.8. The molecule has 0 bridgehead atoms. The monoisotopic (exact) mass is 494 g/mol. The van der Waals surface area contributed by atoms with Crippen LogP contribution in [-0.2, 0) is 16.6 Å². The van der Waals surface area contributed by atoms with Crippen LogP contribution in [0.4, 0.5) is 10.1 Å². The van der Waals surface area contributed by atoms with Crippen molar-refractivity contribution in [3.05, 3.63) is 102 Å². The average Bonchev–Trinajstić information content (AvgIpc) is 3.38. The van der Waals surface area contributed by atoms with E-state index in [9.17, 15) is 17.6 Å². The van der Waals surface area contributed by atoms with E-state index in [-0.39, 0.29) is 22.7 Å². The molecule has 10 heteroatoms. The Morgan fingerprint density at radius 3 is 2.57 bits per heavy atom.